The Labute approximate surface area is 201 Å². The molecule has 5 aromatic rings. The molecular weight excluding hydrogens is 478 g/mol. The van der Waals surface area contributed by atoms with Gasteiger partial charge in [0.15, 0.2) is 5.16 Å². The molecule has 33 heavy (non-hydrogen) atoms. The van der Waals surface area contributed by atoms with Crippen LogP contribution in [0.1, 0.15) is 23.2 Å². The standard InChI is InChI=1S/C23H18ClN5O2S2/c1-3-19-27-29-20(30)11-15(25-23(29)33-19)12-32-22-26-17-10-14(24)8-9-16(17)21(31)28(22)18-7-5-4-6-13(18)2/h4-11H,3,12H2,1-2H3. The van der Waals surface area contributed by atoms with E-state index in [1.165, 1.54) is 33.7 Å². The van der Waals surface area contributed by atoms with Gasteiger partial charge in [0, 0.05) is 16.8 Å². The van der Waals surface area contributed by atoms with E-state index in [1.54, 1.807) is 22.8 Å². The number of nitrogens with zero attached hydrogens (tertiary/aromatic N) is 5. The van der Waals surface area contributed by atoms with Gasteiger partial charge < -0.3 is 0 Å². The summed E-state index contributed by atoms with van der Waals surface area (Å²) in [7, 11) is 0. The predicted octanol–water partition coefficient (Wildman–Crippen LogP) is 4.67. The second-order valence-corrected chi connectivity index (χ2v) is 9.82. The van der Waals surface area contributed by atoms with Crippen molar-refractivity contribution in [2.45, 2.75) is 31.2 Å². The smallest absolute Gasteiger partial charge is 0.268 e. The molecule has 0 unspecified atom stereocenters. The Balaban J connectivity index is 1.62. The lowest BCUT2D eigenvalue weighted by atomic mass is 10.2. The third-order valence-electron chi connectivity index (χ3n) is 5.15. The van der Waals surface area contributed by atoms with Gasteiger partial charge in [-0.25, -0.2) is 9.97 Å². The van der Waals surface area contributed by atoms with Crippen LogP contribution in [0.2, 0.25) is 5.02 Å². The average molecular weight is 496 g/mol. The molecule has 0 saturated heterocycles. The van der Waals surface area contributed by atoms with E-state index in [9.17, 15) is 9.59 Å². The molecule has 3 aromatic heterocycles. The Bertz CT molecular complexity index is 1640. The van der Waals surface area contributed by atoms with Crippen LogP contribution in [-0.2, 0) is 12.2 Å². The zero-order chi connectivity index (χ0) is 23.1. The van der Waals surface area contributed by atoms with Gasteiger partial charge in [-0.15, -0.1) is 0 Å². The molecular formula is C23H18ClN5O2S2. The maximum atomic E-state index is 13.5. The lowest BCUT2D eigenvalue weighted by Gasteiger charge is -2.15. The first kappa shape index (κ1) is 21.8. The van der Waals surface area contributed by atoms with Crippen LogP contribution in [-0.4, -0.2) is 24.1 Å². The first-order valence-electron chi connectivity index (χ1n) is 10.2. The SMILES string of the molecule is CCc1nn2c(=O)cc(CSc3nc4cc(Cl)ccc4c(=O)n3-c3ccccc3C)nc2s1. The van der Waals surface area contributed by atoms with E-state index >= 15 is 0 Å². The largest absolute Gasteiger partial charge is 0.275 e. The summed E-state index contributed by atoms with van der Waals surface area (Å²) in [6.07, 6.45) is 0.740. The molecule has 0 bridgehead atoms. The van der Waals surface area contributed by atoms with Gasteiger partial charge in [0.1, 0.15) is 5.01 Å². The number of halogens is 1. The van der Waals surface area contributed by atoms with Gasteiger partial charge in [-0.05, 0) is 43.2 Å². The molecule has 0 radical (unpaired) electrons. The predicted molar refractivity (Wildman–Crippen MR) is 133 cm³/mol. The second kappa shape index (κ2) is 8.74. The van der Waals surface area contributed by atoms with Gasteiger partial charge in [-0.1, -0.05) is 59.8 Å². The number of hydrogen-bond acceptors (Lipinski definition) is 7. The van der Waals surface area contributed by atoms with Gasteiger partial charge in [-0.2, -0.15) is 9.61 Å². The van der Waals surface area contributed by atoms with E-state index in [4.69, 9.17) is 16.6 Å². The van der Waals surface area contributed by atoms with Crippen LogP contribution < -0.4 is 11.1 Å². The van der Waals surface area contributed by atoms with Crippen molar-refractivity contribution in [2.24, 2.45) is 0 Å². The average Bonchev–Trinajstić information content (AvgIpc) is 3.22. The van der Waals surface area contributed by atoms with Gasteiger partial charge in [0.05, 0.1) is 22.3 Å². The highest BCUT2D eigenvalue weighted by Gasteiger charge is 2.16. The van der Waals surface area contributed by atoms with Crippen molar-refractivity contribution in [2.75, 3.05) is 0 Å². The van der Waals surface area contributed by atoms with Crippen LogP contribution in [0.15, 0.2) is 63.3 Å². The molecule has 7 nitrogen and oxygen atoms in total. The Morgan fingerprint density at radius 1 is 1.09 bits per heavy atom. The molecule has 0 amide bonds. The molecule has 0 N–H and O–H groups in total. The topological polar surface area (TPSA) is 82.2 Å². The van der Waals surface area contributed by atoms with Crippen LogP contribution in [0.5, 0.6) is 0 Å². The minimum Gasteiger partial charge on any atom is -0.268 e. The van der Waals surface area contributed by atoms with Crippen molar-refractivity contribution in [1.29, 1.82) is 0 Å². The fourth-order valence-corrected chi connectivity index (χ4v) is 5.44. The third-order valence-corrected chi connectivity index (χ3v) is 7.41. The number of thioether (sulfide) groups is 1. The summed E-state index contributed by atoms with van der Waals surface area (Å²) >= 11 is 8.91. The summed E-state index contributed by atoms with van der Waals surface area (Å²) in [5.41, 5.74) is 2.44. The molecule has 0 atom stereocenters. The number of hydrogen-bond donors (Lipinski definition) is 0. The highest BCUT2D eigenvalue weighted by atomic mass is 35.5. The Kier molecular flexibility index (Phi) is 5.77. The van der Waals surface area contributed by atoms with E-state index < -0.39 is 0 Å². The summed E-state index contributed by atoms with van der Waals surface area (Å²) in [6.45, 7) is 3.94. The number of aromatic nitrogens is 5. The lowest BCUT2D eigenvalue weighted by molar-refractivity contribution is 0.813. The third kappa shape index (κ3) is 4.07. The maximum Gasteiger partial charge on any atom is 0.275 e. The van der Waals surface area contributed by atoms with Crippen LogP contribution in [0.3, 0.4) is 0 Å². The molecule has 3 heterocycles. The molecule has 5 rings (SSSR count). The van der Waals surface area contributed by atoms with Gasteiger partial charge in [0.2, 0.25) is 4.96 Å². The Morgan fingerprint density at radius 3 is 2.70 bits per heavy atom. The minimum absolute atomic E-state index is 0.174. The number of rotatable bonds is 5. The molecule has 0 aliphatic carbocycles. The van der Waals surface area contributed by atoms with Crippen molar-refractivity contribution in [1.82, 2.24) is 24.1 Å². The van der Waals surface area contributed by atoms with E-state index in [0.29, 0.717) is 37.5 Å². The first-order chi connectivity index (χ1) is 15.9. The summed E-state index contributed by atoms with van der Waals surface area (Å²) < 4.78 is 2.95. The van der Waals surface area contributed by atoms with Crippen molar-refractivity contribution in [3.63, 3.8) is 0 Å². The fourth-order valence-electron chi connectivity index (χ4n) is 3.51. The van der Waals surface area contributed by atoms with Crippen molar-refractivity contribution in [3.05, 3.63) is 90.5 Å². The maximum absolute atomic E-state index is 13.5. The Hall–Kier alpha value is -3.01. The summed E-state index contributed by atoms with van der Waals surface area (Å²) in [5.74, 6) is 0.371. The lowest BCUT2D eigenvalue weighted by Crippen LogP contribution is -2.22. The summed E-state index contributed by atoms with van der Waals surface area (Å²) in [6, 6.07) is 14.2. The molecule has 0 aliphatic heterocycles. The fraction of sp³-hybridized carbons (Fsp3) is 0.174. The van der Waals surface area contributed by atoms with E-state index in [-0.39, 0.29) is 11.1 Å². The molecule has 0 fully saturated rings. The van der Waals surface area contributed by atoms with Crippen molar-refractivity contribution in [3.8, 4) is 5.69 Å². The van der Waals surface area contributed by atoms with Crippen LogP contribution in [0.4, 0.5) is 0 Å². The van der Waals surface area contributed by atoms with Gasteiger partial charge in [0.25, 0.3) is 11.1 Å². The zero-order valence-corrected chi connectivity index (χ0v) is 20.2. The first-order valence-corrected chi connectivity index (χ1v) is 12.4. The van der Waals surface area contributed by atoms with Gasteiger partial charge >= 0.3 is 0 Å². The molecule has 0 saturated carbocycles. The van der Waals surface area contributed by atoms with E-state index in [0.717, 1.165) is 22.7 Å². The summed E-state index contributed by atoms with van der Waals surface area (Å²) in [5, 5.41) is 6.65. The molecule has 166 valence electrons. The van der Waals surface area contributed by atoms with Crippen molar-refractivity contribution >= 4 is 50.6 Å². The van der Waals surface area contributed by atoms with E-state index in [1.807, 2.05) is 38.1 Å². The molecule has 0 aliphatic rings. The highest BCUT2D eigenvalue weighted by Crippen LogP contribution is 2.26. The molecule has 0 spiro atoms. The molecule has 10 heteroatoms. The van der Waals surface area contributed by atoms with Crippen molar-refractivity contribution < 1.29 is 0 Å². The minimum atomic E-state index is -0.221. The van der Waals surface area contributed by atoms with Crippen LogP contribution >= 0.6 is 34.7 Å². The van der Waals surface area contributed by atoms with E-state index in [2.05, 4.69) is 10.1 Å². The van der Waals surface area contributed by atoms with Crippen LogP contribution in [0.25, 0.3) is 21.6 Å². The zero-order valence-electron chi connectivity index (χ0n) is 17.8. The second-order valence-electron chi connectivity index (χ2n) is 7.40. The highest BCUT2D eigenvalue weighted by molar-refractivity contribution is 7.98. The quantitative estimate of drug-likeness (QED) is 0.260. The number of para-hydroxylation sites is 1. The monoisotopic (exact) mass is 495 g/mol. The summed E-state index contributed by atoms with van der Waals surface area (Å²) in [4.78, 5) is 35.9. The number of fused-ring (bicyclic) bond motifs is 2. The van der Waals surface area contributed by atoms with Crippen LogP contribution in [0, 0.1) is 6.92 Å². The number of benzene rings is 2. The normalized spacial score (nSPS) is 11.5. The Morgan fingerprint density at radius 2 is 1.91 bits per heavy atom. The number of aryl methyl sites for hydroxylation is 2. The van der Waals surface area contributed by atoms with Gasteiger partial charge in [-0.3, -0.25) is 14.2 Å². The molecule has 2 aromatic carbocycles.